The topological polar surface area (TPSA) is 57.3 Å². The largest absolute Gasteiger partial charge is 0.493 e. The van der Waals surface area contributed by atoms with Crippen molar-refractivity contribution in [2.45, 2.75) is 40.7 Å². The standard InChI is InChI=1S/C15H20N2O3/c1-6-7-17-14(12(19-5)8-16-17)15(18)13-9(2)10(3)20-11(13)4/h8H,6-7H2,1-5H3. The van der Waals surface area contributed by atoms with Crippen molar-refractivity contribution in [3.63, 3.8) is 0 Å². The number of carbonyl (C=O) groups excluding carboxylic acids is 1. The van der Waals surface area contributed by atoms with Crippen LogP contribution in [0.4, 0.5) is 0 Å². The van der Waals surface area contributed by atoms with E-state index in [1.807, 2.05) is 20.8 Å². The minimum absolute atomic E-state index is 0.0975. The van der Waals surface area contributed by atoms with Crippen molar-refractivity contribution in [3.8, 4) is 5.75 Å². The number of methoxy groups -OCH3 is 1. The van der Waals surface area contributed by atoms with Gasteiger partial charge in [-0.05, 0) is 27.2 Å². The minimum atomic E-state index is -0.0975. The number of ether oxygens (including phenoxy) is 1. The van der Waals surface area contributed by atoms with E-state index in [0.29, 0.717) is 29.3 Å². The number of hydrogen-bond acceptors (Lipinski definition) is 4. The van der Waals surface area contributed by atoms with Gasteiger partial charge in [0.1, 0.15) is 11.5 Å². The second-order valence-electron chi connectivity index (χ2n) is 4.83. The zero-order valence-corrected chi connectivity index (χ0v) is 12.6. The number of aromatic nitrogens is 2. The average molecular weight is 276 g/mol. The van der Waals surface area contributed by atoms with Crippen LogP contribution in [-0.4, -0.2) is 22.7 Å². The normalized spacial score (nSPS) is 10.8. The van der Waals surface area contributed by atoms with Gasteiger partial charge in [0.25, 0.3) is 0 Å². The fraction of sp³-hybridized carbons (Fsp3) is 0.467. The summed E-state index contributed by atoms with van der Waals surface area (Å²) >= 11 is 0. The molecule has 0 spiro atoms. The summed E-state index contributed by atoms with van der Waals surface area (Å²) in [5, 5.41) is 4.23. The van der Waals surface area contributed by atoms with E-state index in [1.54, 1.807) is 24.9 Å². The molecule has 0 amide bonds. The van der Waals surface area contributed by atoms with Crippen LogP contribution < -0.4 is 4.74 Å². The van der Waals surface area contributed by atoms with E-state index in [9.17, 15) is 4.79 Å². The van der Waals surface area contributed by atoms with Gasteiger partial charge >= 0.3 is 0 Å². The van der Waals surface area contributed by atoms with Crippen LogP contribution in [0.25, 0.3) is 0 Å². The molecule has 0 radical (unpaired) electrons. The highest BCUT2D eigenvalue weighted by Gasteiger charge is 2.26. The van der Waals surface area contributed by atoms with E-state index in [4.69, 9.17) is 9.15 Å². The van der Waals surface area contributed by atoms with Crippen LogP contribution in [0.3, 0.4) is 0 Å². The van der Waals surface area contributed by atoms with Gasteiger partial charge in [0.2, 0.25) is 5.78 Å². The summed E-state index contributed by atoms with van der Waals surface area (Å²) in [5.74, 6) is 1.81. The van der Waals surface area contributed by atoms with Crippen molar-refractivity contribution in [1.82, 2.24) is 9.78 Å². The molecule has 0 saturated heterocycles. The molecule has 2 heterocycles. The van der Waals surface area contributed by atoms with Crippen molar-refractivity contribution in [1.29, 1.82) is 0 Å². The Morgan fingerprint density at radius 1 is 1.35 bits per heavy atom. The first-order chi connectivity index (χ1) is 9.51. The highest BCUT2D eigenvalue weighted by atomic mass is 16.5. The van der Waals surface area contributed by atoms with E-state index >= 15 is 0 Å². The maximum atomic E-state index is 12.8. The minimum Gasteiger partial charge on any atom is -0.493 e. The first kappa shape index (κ1) is 14.4. The first-order valence-electron chi connectivity index (χ1n) is 6.72. The second-order valence-corrected chi connectivity index (χ2v) is 4.83. The Hall–Kier alpha value is -2.04. The van der Waals surface area contributed by atoms with Gasteiger partial charge in [0, 0.05) is 12.1 Å². The molecule has 0 aliphatic rings. The smallest absolute Gasteiger partial charge is 0.218 e. The van der Waals surface area contributed by atoms with Crippen LogP contribution in [0, 0.1) is 20.8 Å². The molecule has 0 N–H and O–H groups in total. The summed E-state index contributed by atoms with van der Waals surface area (Å²) in [6, 6.07) is 0. The molecule has 0 saturated carbocycles. The Morgan fingerprint density at radius 2 is 2.05 bits per heavy atom. The first-order valence-corrected chi connectivity index (χ1v) is 6.72. The molecule has 0 aliphatic heterocycles. The molecular formula is C15H20N2O3. The number of aryl methyl sites for hydroxylation is 3. The Labute approximate surface area is 118 Å². The fourth-order valence-electron chi connectivity index (χ4n) is 2.37. The van der Waals surface area contributed by atoms with Gasteiger partial charge in [-0.25, -0.2) is 0 Å². The highest BCUT2D eigenvalue weighted by Crippen LogP contribution is 2.27. The molecule has 20 heavy (non-hydrogen) atoms. The van der Waals surface area contributed by atoms with Gasteiger partial charge in [0.15, 0.2) is 11.4 Å². The quantitative estimate of drug-likeness (QED) is 0.788. The Bertz CT molecular complexity index is 638. The predicted octanol–water partition coefficient (Wildman–Crippen LogP) is 3.05. The number of rotatable bonds is 5. The Balaban J connectivity index is 2.55. The van der Waals surface area contributed by atoms with Crippen LogP contribution >= 0.6 is 0 Å². The van der Waals surface area contributed by atoms with E-state index in [-0.39, 0.29) is 5.78 Å². The lowest BCUT2D eigenvalue weighted by Gasteiger charge is -2.07. The monoisotopic (exact) mass is 276 g/mol. The lowest BCUT2D eigenvalue weighted by molar-refractivity contribution is 0.102. The highest BCUT2D eigenvalue weighted by molar-refractivity contribution is 6.11. The van der Waals surface area contributed by atoms with Crippen LogP contribution in [0.1, 0.15) is 46.5 Å². The summed E-state index contributed by atoms with van der Waals surface area (Å²) in [7, 11) is 1.55. The predicted molar refractivity (Wildman–Crippen MR) is 75.4 cm³/mol. The van der Waals surface area contributed by atoms with Crippen molar-refractivity contribution in [2.75, 3.05) is 7.11 Å². The summed E-state index contributed by atoms with van der Waals surface area (Å²) < 4.78 is 12.5. The summed E-state index contributed by atoms with van der Waals surface area (Å²) in [6.07, 6.45) is 2.48. The molecule has 0 aliphatic carbocycles. The second kappa shape index (κ2) is 5.53. The number of carbonyl (C=O) groups is 1. The van der Waals surface area contributed by atoms with Crippen molar-refractivity contribution in [2.24, 2.45) is 0 Å². The SMILES string of the molecule is CCCn1ncc(OC)c1C(=O)c1c(C)oc(C)c1C. The maximum Gasteiger partial charge on any atom is 0.218 e. The van der Waals surface area contributed by atoms with Crippen LogP contribution in [-0.2, 0) is 6.54 Å². The van der Waals surface area contributed by atoms with Crippen molar-refractivity contribution in [3.05, 3.63) is 34.5 Å². The van der Waals surface area contributed by atoms with Crippen LogP contribution in [0.5, 0.6) is 5.75 Å². The Morgan fingerprint density at radius 3 is 2.55 bits per heavy atom. The van der Waals surface area contributed by atoms with Crippen LogP contribution in [0.2, 0.25) is 0 Å². The van der Waals surface area contributed by atoms with Crippen LogP contribution in [0.15, 0.2) is 10.6 Å². The van der Waals surface area contributed by atoms with E-state index in [2.05, 4.69) is 5.10 Å². The molecule has 2 aromatic rings. The molecule has 2 aromatic heterocycles. The molecule has 0 unspecified atom stereocenters. The molecule has 0 atom stereocenters. The number of furan rings is 1. The van der Waals surface area contributed by atoms with Gasteiger partial charge < -0.3 is 9.15 Å². The molecule has 5 nitrogen and oxygen atoms in total. The number of hydrogen-bond donors (Lipinski definition) is 0. The van der Waals surface area contributed by atoms with E-state index < -0.39 is 0 Å². The zero-order valence-electron chi connectivity index (χ0n) is 12.6. The summed E-state index contributed by atoms with van der Waals surface area (Å²) in [4.78, 5) is 12.8. The zero-order chi connectivity index (χ0) is 14.9. The maximum absolute atomic E-state index is 12.8. The van der Waals surface area contributed by atoms with Crippen molar-refractivity contribution >= 4 is 5.78 Å². The fourth-order valence-corrected chi connectivity index (χ4v) is 2.37. The van der Waals surface area contributed by atoms with Gasteiger partial charge in [0.05, 0.1) is 18.9 Å². The molecular weight excluding hydrogens is 256 g/mol. The number of nitrogens with zero attached hydrogens (tertiary/aromatic N) is 2. The molecule has 0 fully saturated rings. The lowest BCUT2D eigenvalue weighted by Crippen LogP contribution is -2.13. The average Bonchev–Trinajstić information content (AvgIpc) is 2.91. The third-order valence-electron chi connectivity index (χ3n) is 3.46. The van der Waals surface area contributed by atoms with Gasteiger partial charge in [-0.15, -0.1) is 0 Å². The van der Waals surface area contributed by atoms with Gasteiger partial charge in [-0.2, -0.15) is 5.10 Å². The molecule has 0 aromatic carbocycles. The molecule has 2 rings (SSSR count). The van der Waals surface area contributed by atoms with E-state index in [0.717, 1.165) is 17.7 Å². The molecule has 0 bridgehead atoms. The van der Waals surface area contributed by atoms with E-state index in [1.165, 1.54) is 0 Å². The van der Waals surface area contributed by atoms with Gasteiger partial charge in [-0.3, -0.25) is 9.48 Å². The third kappa shape index (κ3) is 2.24. The summed E-state index contributed by atoms with van der Waals surface area (Å²) in [6.45, 7) is 8.28. The third-order valence-corrected chi connectivity index (χ3v) is 3.46. The van der Waals surface area contributed by atoms with Gasteiger partial charge in [-0.1, -0.05) is 6.92 Å². The molecule has 5 heteroatoms. The summed E-state index contributed by atoms with van der Waals surface area (Å²) in [5.41, 5.74) is 1.97. The van der Waals surface area contributed by atoms with Crippen molar-refractivity contribution < 1.29 is 13.9 Å². The molecule has 108 valence electrons. The number of ketones is 1. The lowest BCUT2D eigenvalue weighted by atomic mass is 10.0. The Kier molecular flexibility index (Phi) is 3.97.